The van der Waals surface area contributed by atoms with Crippen molar-refractivity contribution in [3.8, 4) is 11.5 Å². The van der Waals surface area contributed by atoms with Crippen LogP contribution in [0.5, 0.6) is 11.5 Å². The van der Waals surface area contributed by atoms with Gasteiger partial charge in [0.05, 0.1) is 10.4 Å². The number of carboxylic acid groups (broad SMARTS) is 1. The minimum Gasteiger partial charge on any atom is -0.485 e. The first-order valence-electron chi connectivity index (χ1n) is 24.9. The third kappa shape index (κ3) is 11.5. The molecule has 4 atom stereocenters. The Morgan fingerprint density at radius 2 is 1.27 bits per heavy atom. The van der Waals surface area contributed by atoms with Gasteiger partial charge in [-0.2, -0.15) is 0 Å². The van der Waals surface area contributed by atoms with Crippen molar-refractivity contribution in [2.75, 3.05) is 18.4 Å². The number of ether oxygens (including phenoxy) is 3. The summed E-state index contributed by atoms with van der Waals surface area (Å²) in [5, 5.41) is 19.4. The van der Waals surface area contributed by atoms with Crippen LogP contribution in [0.3, 0.4) is 0 Å². The van der Waals surface area contributed by atoms with Crippen LogP contribution in [-0.4, -0.2) is 103 Å². The normalized spacial score (nSPS) is 18.6. The SMILES string of the molecule is CC1(C)S[C@@H]2[C@H](NC=O)C(=O)N2[C@@]1(NC(=O)C(NC(=O)N1CCN(Cc2ccc(OCc3ccccc3)c(OCc3ccccc3)c2)C(=O)C1=O)c1ccc(Cc2ccccc2)cc1NC(=O)O)C(=O)OCc1ccccc1. The highest BCUT2D eigenvalue weighted by Gasteiger charge is 2.74. The van der Waals surface area contributed by atoms with E-state index in [1.807, 2.05) is 91.0 Å². The van der Waals surface area contributed by atoms with Gasteiger partial charge < -0.3 is 40.2 Å². The largest absolute Gasteiger partial charge is 0.485 e. The van der Waals surface area contributed by atoms with Crippen molar-refractivity contribution in [3.63, 3.8) is 0 Å². The topological polar surface area (TPSA) is 242 Å². The van der Waals surface area contributed by atoms with Crippen molar-refractivity contribution >= 4 is 65.6 Å². The van der Waals surface area contributed by atoms with Gasteiger partial charge >= 0.3 is 29.9 Å². The number of β-lactam (4-membered cyclic amide) rings is 1. The molecule has 5 N–H and O–H groups in total. The average Bonchev–Trinajstić information content (AvgIpc) is 3.22. The number of hydrogen-bond donors (Lipinski definition) is 5. The Balaban J connectivity index is 1.00. The Morgan fingerprint density at radius 3 is 1.87 bits per heavy atom. The summed E-state index contributed by atoms with van der Waals surface area (Å²) >= 11 is 1.11. The molecule has 9 rings (SSSR count). The molecule has 19 nitrogen and oxygen atoms in total. The number of amides is 8. The van der Waals surface area contributed by atoms with E-state index in [-0.39, 0.29) is 50.7 Å². The van der Waals surface area contributed by atoms with Crippen molar-refractivity contribution in [2.24, 2.45) is 0 Å². The van der Waals surface area contributed by atoms with Crippen LogP contribution in [0.1, 0.15) is 58.8 Å². The molecule has 6 aromatic rings. The van der Waals surface area contributed by atoms with Crippen LogP contribution in [0, 0.1) is 0 Å². The van der Waals surface area contributed by atoms with Gasteiger partial charge in [0, 0.05) is 25.2 Å². The van der Waals surface area contributed by atoms with Crippen molar-refractivity contribution in [2.45, 2.75) is 74.5 Å². The van der Waals surface area contributed by atoms with Crippen molar-refractivity contribution < 1.29 is 57.7 Å². The van der Waals surface area contributed by atoms with E-state index in [1.54, 1.807) is 68.4 Å². The van der Waals surface area contributed by atoms with Crippen LogP contribution >= 0.6 is 11.8 Å². The van der Waals surface area contributed by atoms with E-state index >= 15 is 4.79 Å². The third-order valence-electron chi connectivity index (χ3n) is 13.6. The van der Waals surface area contributed by atoms with Crippen molar-refractivity contribution in [1.82, 2.24) is 30.7 Å². The fourth-order valence-corrected chi connectivity index (χ4v) is 11.3. The molecule has 0 saturated carbocycles. The molecule has 1 unspecified atom stereocenters. The number of rotatable bonds is 20. The van der Waals surface area contributed by atoms with E-state index in [9.17, 15) is 38.7 Å². The number of piperazine rings is 1. The fourth-order valence-electron chi connectivity index (χ4n) is 9.63. The van der Waals surface area contributed by atoms with Gasteiger partial charge in [-0.3, -0.25) is 39.1 Å². The number of carbonyl (C=O) groups is 8. The lowest BCUT2D eigenvalue weighted by Crippen LogP contribution is -2.80. The fraction of sp³-hybridized carbons (Fsp3) is 0.241. The van der Waals surface area contributed by atoms with Crippen LogP contribution in [0.2, 0.25) is 0 Å². The second kappa shape index (κ2) is 23.4. The molecule has 20 heteroatoms. The number of esters is 1. The molecule has 0 bridgehead atoms. The van der Waals surface area contributed by atoms with Crippen LogP contribution in [0.25, 0.3) is 0 Å². The Hall–Kier alpha value is -9.17. The lowest BCUT2D eigenvalue weighted by Gasteiger charge is -2.50. The summed E-state index contributed by atoms with van der Waals surface area (Å²) in [7, 11) is 0. The number of benzene rings is 6. The molecular formula is C58H55N7O12S. The highest BCUT2D eigenvalue weighted by Crippen LogP contribution is 2.56. The number of urea groups is 1. The summed E-state index contributed by atoms with van der Waals surface area (Å²) in [6.07, 6.45) is -0.823. The van der Waals surface area contributed by atoms with E-state index in [0.717, 1.165) is 33.4 Å². The summed E-state index contributed by atoms with van der Waals surface area (Å²) in [6, 6.07) is 42.6. The molecule has 3 saturated heterocycles. The van der Waals surface area contributed by atoms with Crippen LogP contribution in [0.4, 0.5) is 15.3 Å². The standard InChI is InChI=1S/C58H55N7O12S/c1-57(2)58(54(71)77-35-40-21-13-6-14-22-40,65-50(68)48(59-36-66)53(65)78-57)62-49(67)47(43-25-23-41(30-44(43)60-56(73)74)29-37-15-7-3-8-16-37)61-55(72)64-28-27-63(51(69)52(64)70)32-42-24-26-45(75-33-38-17-9-4-10-18-38)46(31-42)76-34-39-19-11-5-12-20-39/h3-26,30-31,36,47-48,53,60H,27-29,32-35H2,1-2H3,(H,59,66)(H,61,72)(H,62,67)(H,73,74)/t47?,48-,53-,58+/m1/s1. The number of fused-ring (bicyclic) bond motifs is 1. The van der Waals surface area contributed by atoms with Gasteiger partial charge in [0.1, 0.15) is 37.3 Å². The number of nitrogens with one attached hydrogen (secondary N) is 4. The zero-order valence-electron chi connectivity index (χ0n) is 42.5. The third-order valence-corrected chi connectivity index (χ3v) is 15.2. The molecule has 3 fully saturated rings. The van der Waals surface area contributed by atoms with Crippen LogP contribution in [0.15, 0.2) is 158 Å². The number of nitrogens with zero attached hydrogens (tertiary/aromatic N) is 3. The zero-order valence-corrected chi connectivity index (χ0v) is 43.3. The van der Waals surface area contributed by atoms with Gasteiger partial charge in [0.15, 0.2) is 11.5 Å². The summed E-state index contributed by atoms with van der Waals surface area (Å²) in [5.41, 5.74) is 1.95. The minimum atomic E-state index is -2.31. The molecule has 3 aliphatic heterocycles. The van der Waals surface area contributed by atoms with Crippen LogP contribution in [-0.2, 0) is 66.3 Å². The lowest BCUT2D eigenvalue weighted by molar-refractivity contribution is -0.181. The first-order chi connectivity index (χ1) is 37.6. The lowest BCUT2D eigenvalue weighted by atomic mass is 9.87. The maximum Gasteiger partial charge on any atom is 0.409 e. The molecule has 400 valence electrons. The predicted molar refractivity (Wildman–Crippen MR) is 286 cm³/mol. The zero-order chi connectivity index (χ0) is 55.0. The van der Waals surface area contributed by atoms with E-state index < -0.39 is 69.6 Å². The van der Waals surface area contributed by atoms with Gasteiger partial charge in [0.25, 0.3) is 5.91 Å². The Kier molecular flexibility index (Phi) is 16.1. The van der Waals surface area contributed by atoms with Crippen molar-refractivity contribution in [3.05, 3.63) is 197 Å². The monoisotopic (exact) mass is 1070 g/mol. The van der Waals surface area contributed by atoms with Gasteiger partial charge in [-0.15, -0.1) is 11.8 Å². The maximum absolute atomic E-state index is 15.4. The molecule has 0 aromatic heterocycles. The molecule has 3 heterocycles. The Bertz CT molecular complexity index is 3230. The predicted octanol–water partition coefficient (Wildman–Crippen LogP) is 6.51. The molecule has 78 heavy (non-hydrogen) atoms. The molecule has 3 aliphatic rings. The molecular weight excluding hydrogens is 1020 g/mol. The maximum atomic E-state index is 15.4. The molecule has 0 radical (unpaired) electrons. The number of hydrogen-bond acceptors (Lipinski definition) is 12. The second-order valence-corrected chi connectivity index (χ2v) is 20.9. The van der Waals surface area contributed by atoms with Gasteiger partial charge in [-0.05, 0) is 71.8 Å². The quantitative estimate of drug-likeness (QED) is 0.0237. The number of thioether (sulfide) groups is 1. The highest BCUT2D eigenvalue weighted by molar-refractivity contribution is 8.01. The molecule has 0 aliphatic carbocycles. The van der Waals surface area contributed by atoms with Gasteiger partial charge in [-0.25, -0.2) is 14.4 Å². The summed E-state index contributed by atoms with van der Waals surface area (Å²) in [5.74, 6) is -4.29. The molecule has 0 spiro atoms. The summed E-state index contributed by atoms with van der Waals surface area (Å²) in [4.78, 5) is 114. The first-order valence-corrected chi connectivity index (χ1v) is 25.8. The number of anilines is 1. The average molecular weight is 1070 g/mol. The summed E-state index contributed by atoms with van der Waals surface area (Å²) < 4.78 is 16.9. The minimum absolute atomic E-state index is 0.0546. The molecule has 8 amide bonds. The van der Waals surface area contributed by atoms with Gasteiger partial charge in [-0.1, -0.05) is 140 Å². The van der Waals surface area contributed by atoms with Crippen molar-refractivity contribution in [1.29, 1.82) is 0 Å². The highest BCUT2D eigenvalue weighted by atomic mass is 32.2. The second-order valence-electron chi connectivity index (χ2n) is 19.2. The smallest absolute Gasteiger partial charge is 0.409 e. The number of imide groups is 1. The van der Waals surface area contributed by atoms with Crippen LogP contribution < -0.4 is 30.7 Å². The summed E-state index contributed by atoms with van der Waals surface area (Å²) in [6.45, 7) is 2.90. The van der Waals surface area contributed by atoms with E-state index in [4.69, 9.17) is 14.2 Å². The Labute approximate surface area is 453 Å². The first kappa shape index (κ1) is 53.6. The van der Waals surface area contributed by atoms with E-state index in [1.165, 1.54) is 17.0 Å². The van der Waals surface area contributed by atoms with E-state index in [2.05, 4.69) is 21.3 Å². The Morgan fingerprint density at radius 1 is 0.692 bits per heavy atom. The van der Waals surface area contributed by atoms with E-state index in [0.29, 0.717) is 45.9 Å². The molecule has 6 aromatic carbocycles. The number of carbonyl (C=O) groups excluding carboxylic acids is 7. The van der Waals surface area contributed by atoms with Gasteiger partial charge in [0.2, 0.25) is 18.0 Å².